The fourth-order valence-corrected chi connectivity index (χ4v) is 2.17. The zero-order chi connectivity index (χ0) is 18.1. The molecular weight excluding hydrogens is 450 g/mol. The van der Waals surface area contributed by atoms with Crippen molar-refractivity contribution in [2.75, 3.05) is 13.1 Å². The first-order valence-corrected chi connectivity index (χ1v) is 8.39. The summed E-state index contributed by atoms with van der Waals surface area (Å²) in [6, 6.07) is 6.17. The van der Waals surface area contributed by atoms with Crippen LogP contribution in [0, 0.1) is 5.82 Å². The summed E-state index contributed by atoms with van der Waals surface area (Å²) in [6.07, 6.45) is 2.19. The molecule has 0 radical (unpaired) electrons. The van der Waals surface area contributed by atoms with Gasteiger partial charge in [0.2, 0.25) is 0 Å². The van der Waals surface area contributed by atoms with E-state index in [-0.39, 0.29) is 35.9 Å². The molecule has 0 saturated heterocycles. The standard InChI is InChI=1S/C17H25FN6O.HI/c1-4-14(25-15-8-6-7-13(18)9-15)10-20-17(19-5-2)21-11-16-22-12-23-24(16)3;/h6-9,12,14H,4-5,10-11H2,1-3H3,(H2,19,20,21);1H. The average Bonchev–Trinajstić information content (AvgIpc) is 3.01. The zero-order valence-corrected chi connectivity index (χ0v) is 17.6. The van der Waals surface area contributed by atoms with Crippen molar-refractivity contribution in [3.63, 3.8) is 0 Å². The lowest BCUT2D eigenvalue weighted by molar-refractivity contribution is 0.198. The fourth-order valence-electron chi connectivity index (χ4n) is 2.17. The van der Waals surface area contributed by atoms with Crippen molar-refractivity contribution in [1.82, 2.24) is 25.4 Å². The van der Waals surface area contributed by atoms with Crippen LogP contribution in [-0.4, -0.2) is 39.9 Å². The predicted molar refractivity (Wildman–Crippen MR) is 110 cm³/mol. The molecule has 1 heterocycles. The highest BCUT2D eigenvalue weighted by atomic mass is 127. The number of rotatable bonds is 8. The number of benzene rings is 1. The van der Waals surface area contributed by atoms with E-state index in [4.69, 9.17) is 4.74 Å². The zero-order valence-electron chi connectivity index (χ0n) is 15.3. The molecular formula is C17H26FIN6O. The first-order valence-electron chi connectivity index (χ1n) is 8.39. The SMILES string of the molecule is CCNC(=NCc1ncnn1C)NCC(CC)Oc1cccc(F)c1.I. The Hall–Kier alpha value is -1.91. The maximum atomic E-state index is 13.3. The largest absolute Gasteiger partial charge is 0.489 e. The minimum Gasteiger partial charge on any atom is -0.489 e. The number of nitrogens with one attached hydrogen (secondary N) is 2. The smallest absolute Gasteiger partial charge is 0.191 e. The maximum Gasteiger partial charge on any atom is 0.191 e. The molecule has 0 bridgehead atoms. The molecule has 2 aromatic rings. The maximum absolute atomic E-state index is 13.3. The van der Waals surface area contributed by atoms with E-state index in [1.807, 2.05) is 20.9 Å². The van der Waals surface area contributed by atoms with E-state index in [1.165, 1.54) is 18.5 Å². The molecule has 144 valence electrons. The van der Waals surface area contributed by atoms with E-state index in [2.05, 4.69) is 25.7 Å². The molecule has 1 unspecified atom stereocenters. The van der Waals surface area contributed by atoms with Crippen LogP contribution in [0.15, 0.2) is 35.6 Å². The summed E-state index contributed by atoms with van der Waals surface area (Å²) in [5.74, 6) is 1.67. The van der Waals surface area contributed by atoms with E-state index in [0.29, 0.717) is 24.8 Å². The van der Waals surface area contributed by atoms with Crippen molar-refractivity contribution in [1.29, 1.82) is 0 Å². The van der Waals surface area contributed by atoms with E-state index in [0.717, 1.165) is 18.8 Å². The van der Waals surface area contributed by atoms with E-state index >= 15 is 0 Å². The molecule has 7 nitrogen and oxygen atoms in total. The van der Waals surface area contributed by atoms with E-state index in [1.54, 1.807) is 16.8 Å². The van der Waals surface area contributed by atoms with Crippen molar-refractivity contribution in [3.8, 4) is 5.75 Å². The first kappa shape index (κ1) is 22.1. The van der Waals surface area contributed by atoms with Crippen LogP contribution in [0.4, 0.5) is 4.39 Å². The molecule has 0 aliphatic rings. The molecule has 26 heavy (non-hydrogen) atoms. The summed E-state index contributed by atoms with van der Waals surface area (Å²) in [7, 11) is 1.83. The van der Waals surface area contributed by atoms with Crippen LogP contribution in [-0.2, 0) is 13.6 Å². The van der Waals surface area contributed by atoms with Crippen LogP contribution in [0.1, 0.15) is 26.1 Å². The Balaban J connectivity index is 0.00000338. The monoisotopic (exact) mass is 476 g/mol. The number of hydrogen-bond donors (Lipinski definition) is 2. The Kier molecular flexibility index (Phi) is 9.92. The summed E-state index contributed by atoms with van der Waals surface area (Å²) in [6.45, 7) is 5.74. The highest BCUT2D eigenvalue weighted by molar-refractivity contribution is 14.0. The van der Waals surface area contributed by atoms with Gasteiger partial charge in [0.15, 0.2) is 5.96 Å². The highest BCUT2D eigenvalue weighted by Gasteiger charge is 2.10. The van der Waals surface area contributed by atoms with Crippen molar-refractivity contribution in [3.05, 3.63) is 42.2 Å². The number of aromatic nitrogens is 3. The molecule has 0 aliphatic heterocycles. The van der Waals surface area contributed by atoms with Crippen molar-refractivity contribution in [2.45, 2.75) is 32.9 Å². The van der Waals surface area contributed by atoms with Crippen molar-refractivity contribution in [2.24, 2.45) is 12.0 Å². The summed E-state index contributed by atoms with van der Waals surface area (Å²) in [5.41, 5.74) is 0. The van der Waals surface area contributed by atoms with E-state index < -0.39 is 0 Å². The molecule has 0 amide bonds. The Morgan fingerprint density at radius 2 is 2.15 bits per heavy atom. The molecule has 1 aromatic carbocycles. The van der Waals surface area contributed by atoms with E-state index in [9.17, 15) is 4.39 Å². The molecule has 9 heteroatoms. The number of aryl methyl sites for hydroxylation is 1. The molecule has 0 saturated carbocycles. The molecule has 0 spiro atoms. The summed E-state index contributed by atoms with van der Waals surface area (Å²) in [5, 5.41) is 10.5. The van der Waals surface area contributed by atoms with Crippen molar-refractivity contribution >= 4 is 29.9 Å². The number of guanidine groups is 1. The lowest BCUT2D eigenvalue weighted by Crippen LogP contribution is -2.42. The predicted octanol–water partition coefficient (Wildman–Crippen LogP) is 2.48. The van der Waals surface area contributed by atoms with Gasteiger partial charge < -0.3 is 15.4 Å². The molecule has 1 atom stereocenters. The second kappa shape index (κ2) is 11.7. The Labute approximate surface area is 170 Å². The quantitative estimate of drug-likeness (QED) is 0.348. The van der Waals surface area contributed by atoms with Gasteiger partial charge in [0, 0.05) is 19.7 Å². The normalized spacial score (nSPS) is 12.2. The van der Waals surface area contributed by atoms with Crippen LogP contribution in [0.2, 0.25) is 0 Å². The fraction of sp³-hybridized carbons (Fsp3) is 0.471. The second-order valence-corrected chi connectivity index (χ2v) is 5.48. The number of aliphatic imine (C=N–C) groups is 1. The van der Waals surface area contributed by atoms with Crippen LogP contribution < -0.4 is 15.4 Å². The van der Waals surface area contributed by atoms with Gasteiger partial charge in [0.1, 0.15) is 36.4 Å². The minimum atomic E-state index is -0.307. The third kappa shape index (κ3) is 7.14. The van der Waals surface area contributed by atoms with Crippen LogP contribution in [0.3, 0.4) is 0 Å². The number of nitrogens with zero attached hydrogens (tertiary/aromatic N) is 4. The summed E-state index contributed by atoms with van der Waals surface area (Å²) in [4.78, 5) is 8.65. The topological polar surface area (TPSA) is 76.4 Å². The van der Waals surface area contributed by atoms with Gasteiger partial charge in [-0.15, -0.1) is 24.0 Å². The Morgan fingerprint density at radius 3 is 2.77 bits per heavy atom. The van der Waals surface area contributed by atoms with Gasteiger partial charge in [-0.05, 0) is 25.5 Å². The average molecular weight is 476 g/mol. The van der Waals surface area contributed by atoms with Crippen LogP contribution >= 0.6 is 24.0 Å². The molecule has 0 aliphatic carbocycles. The summed E-state index contributed by atoms with van der Waals surface area (Å²) >= 11 is 0. The van der Waals surface area contributed by atoms with Gasteiger partial charge in [-0.1, -0.05) is 13.0 Å². The number of halogens is 2. The second-order valence-electron chi connectivity index (χ2n) is 5.48. The molecule has 0 fully saturated rings. The highest BCUT2D eigenvalue weighted by Crippen LogP contribution is 2.14. The lowest BCUT2D eigenvalue weighted by atomic mass is 10.2. The molecule has 2 rings (SSSR count). The van der Waals surface area contributed by atoms with Crippen LogP contribution in [0.5, 0.6) is 5.75 Å². The molecule has 1 aromatic heterocycles. The number of ether oxygens (including phenoxy) is 1. The third-order valence-corrected chi connectivity index (χ3v) is 3.58. The Bertz CT molecular complexity index is 693. The van der Waals surface area contributed by atoms with Crippen molar-refractivity contribution < 1.29 is 9.13 Å². The Morgan fingerprint density at radius 1 is 1.35 bits per heavy atom. The van der Waals surface area contributed by atoms with Gasteiger partial charge in [-0.3, -0.25) is 4.68 Å². The first-order chi connectivity index (χ1) is 12.1. The third-order valence-electron chi connectivity index (χ3n) is 3.58. The van der Waals surface area contributed by atoms with Gasteiger partial charge in [-0.2, -0.15) is 5.10 Å². The number of hydrogen-bond acceptors (Lipinski definition) is 4. The lowest BCUT2D eigenvalue weighted by Gasteiger charge is -2.20. The van der Waals surface area contributed by atoms with Gasteiger partial charge >= 0.3 is 0 Å². The minimum absolute atomic E-state index is 0. The van der Waals surface area contributed by atoms with Crippen LogP contribution in [0.25, 0.3) is 0 Å². The van der Waals surface area contributed by atoms with Gasteiger partial charge in [-0.25, -0.2) is 14.4 Å². The summed E-state index contributed by atoms with van der Waals surface area (Å²) < 4.78 is 20.8. The van der Waals surface area contributed by atoms with Gasteiger partial charge in [0.05, 0.1) is 6.54 Å². The molecule has 2 N–H and O–H groups in total. The van der Waals surface area contributed by atoms with Gasteiger partial charge in [0.25, 0.3) is 0 Å².